The number of methoxy groups -OCH3 is 2. The highest BCUT2D eigenvalue weighted by molar-refractivity contribution is 5.93. The molecule has 8 heteroatoms. The summed E-state index contributed by atoms with van der Waals surface area (Å²) in [5, 5.41) is 6.86. The molecular weight excluding hydrogens is 360 g/mol. The third-order valence-corrected chi connectivity index (χ3v) is 4.21. The highest BCUT2D eigenvalue weighted by Gasteiger charge is 2.18. The summed E-state index contributed by atoms with van der Waals surface area (Å²) in [6.45, 7) is 1.59. The summed E-state index contributed by atoms with van der Waals surface area (Å²) in [5.74, 6) is 1.01. The molecule has 0 saturated heterocycles. The Morgan fingerprint density at radius 2 is 1.57 bits per heavy atom. The number of nitrogens with one attached hydrogen (secondary N) is 1. The van der Waals surface area contributed by atoms with E-state index in [1.54, 1.807) is 69.7 Å². The first-order chi connectivity index (χ1) is 13.5. The number of rotatable bonds is 6. The first-order valence-electron chi connectivity index (χ1n) is 8.57. The lowest BCUT2D eigenvalue weighted by Gasteiger charge is -2.14. The van der Waals surface area contributed by atoms with Crippen LogP contribution in [0.2, 0.25) is 0 Å². The first-order valence-corrected chi connectivity index (χ1v) is 8.57. The molecule has 0 spiro atoms. The summed E-state index contributed by atoms with van der Waals surface area (Å²) in [6.07, 6.45) is 1.46. The van der Waals surface area contributed by atoms with Gasteiger partial charge in [0.1, 0.15) is 17.5 Å². The predicted octanol–water partition coefficient (Wildman–Crippen LogP) is 2.52. The van der Waals surface area contributed by atoms with Gasteiger partial charge in [-0.05, 0) is 55.5 Å². The van der Waals surface area contributed by atoms with Crippen molar-refractivity contribution in [3.8, 4) is 22.8 Å². The lowest BCUT2D eigenvalue weighted by atomic mass is 10.1. The van der Waals surface area contributed by atoms with E-state index in [0.717, 1.165) is 10.2 Å². The molecule has 144 valence electrons. The van der Waals surface area contributed by atoms with Gasteiger partial charge in [0.2, 0.25) is 5.91 Å². The van der Waals surface area contributed by atoms with Crippen LogP contribution in [0.5, 0.6) is 11.5 Å². The average Bonchev–Trinajstić information content (AvgIpc) is 2.73. The minimum absolute atomic E-state index is 0.376. The van der Waals surface area contributed by atoms with Crippen molar-refractivity contribution in [2.45, 2.75) is 13.0 Å². The van der Waals surface area contributed by atoms with Gasteiger partial charge < -0.3 is 14.8 Å². The van der Waals surface area contributed by atoms with Gasteiger partial charge in [-0.1, -0.05) is 0 Å². The summed E-state index contributed by atoms with van der Waals surface area (Å²) in [6, 6.07) is 13.2. The van der Waals surface area contributed by atoms with Crippen LogP contribution in [0.15, 0.2) is 59.5 Å². The third kappa shape index (κ3) is 4.17. The summed E-state index contributed by atoms with van der Waals surface area (Å²) in [4.78, 5) is 28.9. The van der Waals surface area contributed by atoms with Crippen molar-refractivity contribution in [3.05, 3.63) is 65.2 Å². The summed E-state index contributed by atoms with van der Waals surface area (Å²) < 4.78 is 11.2. The molecule has 8 nitrogen and oxygen atoms in total. The van der Waals surface area contributed by atoms with E-state index < -0.39 is 11.7 Å². The Labute approximate surface area is 161 Å². The molecule has 1 aromatic heterocycles. The van der Waals surface area contributed by atoms with Crippen LogP contribution in [0.1, 0.15) is 13.0 Å². The number of aromatic nitrogens is 3. The molecule has 0 aliphatic carbocycles. The number of anilines is 1. The van der Waals surface area contributed by atoms with Crippen LogP contribution in [0.4, 0.5) is 5.69 Å². The van der Waals surface area contributed by atoms with Crippen molar-refractivity contribution in [3.63, 3.8) is 0 Å². The zero-order valence-corrected chi connectivity index (χ0v) is 15.7. The zero-order chi connectivity index (χ0) is 20.1. The molecule has 1 N–H and O–H groups in total. The van der Waals surface area contributed by atoms with Crippen molar-refractivity contribution >= 4 is 11.6 Å². The zero-order valence-electron chi connectivity index (χ0n) is 15.7. The van der Waals surface area contributed by atoms with Gasteiger partial charge in [-0.2, -0.15) is 10.1 Å². The molecule has 0 unspecified atom stereocenters. The largest absolute Gasteiger partial charge is 0.497 e. The molecule has 1 atom stereocenters. The Morgan fingerprint density at radius 3 is 2.11 bits per heavy atom. The van der Waals surface area contributed by atoms with E-state index in [9.17, 15) is 9.59 Å². The minimum atomic E-state index is -0.827. The third-order valence-electron chi connectivity index (χ3n) is 4.21. The van der Waals surface area contributed by atoms with Gasteiger partial charge in [0, 0.05) is 11.3 Å². The number of ether oxygens (including phenoxy) is 2. The molecule has 0 aliphatic heterocycles. The number of hydrogen-bond donors (Lipinski definition) is 1. The minimum Gasteiger partial charge on any atom is -0.497 e. The van der Waals surface area contributed by atoms with E-state index in [0.29, 0.717) is 22.9 Å². The molecule has 0 fully saturated rings. The second kappa shape index (κ2) is 8.34. The van der Waals surface area contributed by atoms with Crippen LogP contribution in [0, 0.1) is 0 Å². The Hall–Kier alpha value is -3.68. The van der Waals surface area contributed by atoms with Crippen molar-refractivity contribution < 1.29 is 14.3 Å². The number of nitrogens with zero attached hydrogens (tertiary/aromatic N) is 3. The smallest absolute Gasteiger partial charge is 0.365 e. The molecule has 3 aromatic rings. The summed E-state index contributed by atoms with van der Waals surface area (Å²) in [5.41, 5.74) is 1.14. The molecule has 1 heterocycles. The Morgan fingerprint density at radius 1 is 1.00 bits per heavy atom. The lowest BCUT2D eigenvalue weighted by molar-refractivity contribution is -0.119. The molecule has 0 radical (unpaired) electrons. The van der Waals surface area contributed by atoms with E-state index in [-0.39, 0.29) is 5.91 Å². The maximum Gasteiger partial charge on any atom is 0.365 e. The Kier molecular flexibility index (Phi) is 5.69. The molecule has 0 saturated carbocycles. The van der Waals surface area contributed by atoms with E-state index in [4.69, 9.17) is 9.47 Å². The number of carbonyl (C=O) groups is 1. The summed E-state index contributed by atoms with van der Waals surface area (Å²) in [7, 11) is 3.14. The van der Waals surface area contributed by atoms with Gasteiger partial charge in [-0.15, -0.1) is 0 Å². The van der Waals surface area contributed by atoms with Crippen LogP contribution in [0.3, 0.4) is 0 Å². The molecule has 2 aromatic carbocycles. The van der Waals surface area contributed by atoms with Gasteiger partial charge in [-0.3, -0.25) is 4.79 Å². The van der Waals surface area contributed by atoms with Gasteiger partial charge in [-0.25, -0.2) is 9.48 Å². The molecule has 28 heavy (non-hydrogen) atoms. The van der Waals surface area contributed by atoms with Gasteiger partial charge in [0.15, 0.2) is 0 Å². The first kappa shape index (κ1) is 19.1. The number of amides is 1. The molecule has 0 aliphatic rings. The van der Waals surface area contributed by atoms with Crippen molar-refractivity contribution in [1.29, 1.82) is 0 Å². The quantitative estimate of drug-likeness (QED) is 0.706. The molecule has 3 rings (SSSR count). The van der Waals surface area contributed by atoms with Gasteiger partial charge in [0.05, 0.1) is 26.1 Å². The Balaban J connectivity index is 1.76. The van der Waals surface area contributed by atoms with E-state index in [2.05, 4.69) is 15.4 Å². The number of hydrogen-bond acceptors (Lipinski definition) is 6. The average molecular weight is 380 g/mol. The maximum absolute atomic E-state index is 12.5. The normalized spacial score (nSPS) is 11.5. The standard InChI is InChI=1S/C20H20N4O4/c1-13(19(25)22-15-6-10-17(28-3)11-7-15)24-20(26)23-18(12-21-24)14-4-8-16(27-2)9-5-14/h4-13H,1-3H3,(H,22,25)/t13-/m1/s1. The van der Waals surface area contributed by atoms with Crippen molar-refractivity contribution in [2.24, 2.45) is 0 Å². The van der Waals surface area contributed by atoms with Crippen LogP contribution in [-0.4, -0.2) is 34.9 Å². The highest BCUT2D eigenvalue weighted by Crippen LogP contribution is 2.19. The second-order valence-corrected chi connectivity index (χ2v) is 5.99. The van der Waals surface area contributed by atoms with Crippen molar-refractivity contribution in [1.82, 2.24) is 14.8 Å². The van der Waals surface area contributed by atoms with Crippen LogP contribution < -0.4 is 20.5 Å². The monoisotopic (exact) mass is 380 g/mol. The molecular formula is C20H20N4O4. The molecule has 1 amide bonds. The van der Waals surface area contributed by atoms with E-state index >= 15 is 0 Å². The van der Waals surface area contributed by atoms with Crippen molar-refractivity contribution in [2.75, 3.05) is 19.5 Å². The van der Waals surface area contributed by atoms with Crippen LogP contribution in [0.25, 0.3) is 11.3 Å². The maximum atomic E-state index is 12.5. The Bertz CT molecular complexity index is 1010. The summed E-state index contributed by atoms with van der Waals surface area (Å²) >= 11 is 0. The predicted molar refractivity (Wildman–Crippen MR) is 105 cm³/mol. The highest BCUT2D eigenvalue weighted by atomic mass is 16.5. The number of benzene rings is 2. The fourth-order valence-corrected chi connectivity index (χ4v) is 2.55. The SMILES string of the molecule is COc1ccc(NC(=O)[C@@H](C)n2ncc(-c3ccc(OC)cc3)nc2=O)cc1. The van der Waals surface area contributed by atoms with Gasteiger partial charge >= 0.3 is 5.69 Å². The fourth-order valence-electron chi connectivity index (χ4n) is 2.55. The number of carbonyl (C=O) groups excluding carboxylic acids is 1. The second-order valence-electron chi connectivity index (χ2n) is 5.99. The van der Waals surface area contributed by atoms with E-state index in [1.165, 1.54) is 6.20 Å². The topological polar surface area (TPSA) is 95.3 Å². The van der Waals surface area contributed by atoms with Crippen LogP contribution >= 0.6 is 0 Å². The van der Waals surface area contributed by atoms with E-state index in [1.807, 2.05) is 0 Å². The van der Waals surface area contributed by atoms with Gasteiger partial charge in [0.25, 0.3) is 0 Å². The fraction of sp³-hybridized carbons (Fsp3) is 0.200. The molecule has 0 bridgehead atoms. The lowest BCUT2D eigenvalue weighted by Crippen LogP contribution is -2.34. The van der Waals surface area contributed by atoms with Crippen LogP contribution in [-0.2, 0) is 4.79 Å².